The normalized spacial score (nSPS) is 12.2. The van der Waals surface area contributed by atoms with Gasteiger partial charge < -0.3 is 5.32 Å². The van der Waals surface area contributed by atoms with E-state index in [9.17, 15) is 13.6 Å². The van der Waals surface area contributed by atoms with Crippen molar-refractivity contribution in [3.8, 4) is 0 Å². The van der Waals surface area contributed by atoms with Crippen LogP contribution in [0.3, 0.4) is 0 Å². The summed E-state index contributed by atoms with van der Waals surface area (Å²) in [6.45, 7) is 2.69. The van der Waals surface area contributed by atoms with Gasteiger partial charge in [-0.1, -0.05) is 35.0 Å². The standard InChI is InChI=1S/C14H18BrF2NO/c1-10(9-15)4-3-7-18-13(19)8-11-5-2-6-12(16)14(11)17/h2,5-6,10H,3-4,7-9H2,1H3,(H,18,19). The van der Waals surface area contributed by atoms with E-state index >= 15 is 0 Å². The van der Waals surface area contributed by atoms with Gasteiger partial charge in [-0.25, -0.2) is 8.78 Å². The highest BCUT2D eigenvalue weighted by atomic mass is 79.9. The average molecular weight is 334 g/mol. The monoisotopic (exact) mass is 333 g/mol. The van der Waals surface area contributed by atoms with Crippen molar-refractivity contribution < 1.29 is 13.6 Å². The zero-order valence-corrected chi connectivity index (χ0v) is 12.5. The van der Waals surface area contributed by atoms with E-state index in [1.54, 1.807) is 0 Å². The van der Waals surface area contributed by atoms with Crippen LogP contribution in [0, 0.1) is 17.6 Å². The summed E-state index contributed by atoms with van der Waals surface area (Å²) in [6.07, 6.45) is 1.77. The molecule has 0 aromatic heterocycles. The molecule has 1 N–H and O–H groups in total. The number of hydrogen-bond donors (Lipinski definition) is 1. The third kappa shape index (κ3) is 5.68. The molecule has 1 aromatic rings. The van der Waals surface area contributed by atoms with Crippen LogP contribution in [-0.2, 0) is 11.2 Å². The van der Waals surface area contributed by atoms with Crippen molar-refractivity contribution in [2.24, 2.45) is 5.92 Å². The van der Waals surface area contributed by atoms with E-state index in [1.165, 1.54) is 12.1 Å². The minimum Gasteiger partial charge on any atom is -0.356 e. The zero-order chi connectivity index (χ0) is 14.3. The van der Waals surface area contributed by atoms with Crippen LogP contribution in [0.5, 0.6) is 0 Å². The lowest BCUT2D eigenvalue weighted by Gasteiger charge is -2.09. The van der Waals surface area contributed by atoms with Crippen molar-refractivity contribution in [1.29, 1.82) is 0 Å². The van der Waals surface area contributed by atoms with Gasteiger partial charge in [-0.2, -0.15) is 0 Å². The summed E-state index contributed by atoms with van der Waals surface area (Å²) >= 11 is 3.39. The van der Waals surface area contributed by atoms with Crippen LogP contribution < -0.4 is 5.32 Å². The van der Waals surface area contributed by atoms with E-state index in [4.69, 9.17) is 0 Å². The molecule has 0 spiro atoms. The molecular formula is C14H18BrF2NO. The first-order valence-corrected chi connectivity index (χ1v) is 7.42. The fourth-order valence-electron chi connectivity index (χ4n) is 1.68. The minimum atomic E-state index is -0.939. The summed E-state index contributed by atoms with van der Waals surface area (Å²) in [5, 5.41) is 3.65. The number of carbonyl (C=O) groups is 1. The lowest BCUT2D eigenvalue weighted by Crippen LogP contribution is -2.26. The Morgan fingerprint density at radius 3 is 2.84 bits per heavy atom. The Morgan fingerprint density at radius 1 is 1.42 bits per heavy atom. The lowest BCUT2D eigenvalue weighted by molar-refractivity contribution is -0.120. The molecule has 1 aromatic carbocycles. The number of rotatable bonds is 7. The summed E-state index contributed by atoms with van der Waals surface area (Å²) < 4.78 is 26.3. The Balaban J connectivity index is 2.33. The minimum absolute atomic E-state index is 0.0892. The molecule has 0 aliphatic heterocycles. The highest BCUT2D eigenvalue weighted by Crippen LogP contribution is 2.12. The van der Waals surface area contributed by atoms with Crippen LogP contribution >= 0.6 is 15.9 Å². The highest BCUT2D eigenvalue weighted by molar-refractivity contribution is 9.09. The van der Waals surface area contributed by atoms with Crippen molar-refractivity contribution >= 4 is 21.8 Å². The number of carbonyl (C=O) groups excluding carboxylic acids is 1. The van der Waals surface area contributed by atoms with E-state index < -0.39 is 11.6 Å². The number of hydrogen-bond acceptors (Lipinski definition) is 1. The maximum atomic E-state index is 13.3. The molecule has 0 saturated heterocycles. The maximum absolute atomic E-state index is 13.3. The van der Waals surface area contributed by atoms with Crippen LogP contribution in [-0.4, -0.2) is 17.8 Å². The second-order valence-electron chi connectivity index (χ2n) is 4.64. The summed E-state index contributed by atoms with van der Waals surface area (Å²) in [7, 11) is 0. The molecule has 0 heterocycles. The second kappa shape index (κ2) is 8.25. The smallest absolute Gasteiger partial charge is 0.224 e. The summed E-state index contributed by atoms with van der Waals surface area (Å²) in [5.41, 5.74) is 0.0892. The molecule has 1 rings (SSSR count). The van der Waals surface area contributed by atoms with Gasteiger partial charge in [0.1, 0.15) is 0 Å². The van der Waals surface area contributed by atoms with Gasteiger partial charge in [0.2, 0.25) is 5.91 Å². The second-order valence-corrected chi connectivity index (χ2v) is 5.29. The SMILES string of the molecule is CC(CBr)CCCNC(=O)Cc1cccc(F)c1F. The molecule has 5 heteroatoms. The molecule has 0 radical (unpaired) electrons. The molecule has 0 saturated carbocycles. The first-order valence-electron chi connectivity index (χ1n) is 6.30. The summed E-state index contributed by atoms with van der Waals surface area (Å²) in [5.74, 6) is -1.57. The number of alkyl halides is 1. The van der Waals surface area contributed by atoms with Gasteiger partial charge in [-0.3, -0.25) is 4.79 Å². The Hall–Kier alpha value is -0.970. The van der Waals surface area contributed by atoms with Gasteiger partial charge in [-0.15, -0.1) is 0 Å². The molecule has 2 nitrogen and oxygen atoms in total. The van der Waals surface area contributed by atoms with Crippen molar-refractivity contribution in [3.05, 3.63) is 35.4 Å². The topological polar surface area (TPSA) is 29.1 Å². The molecule has 1 unspecified atom stereocenters. The number of halogens is 3. The lowest BCUT2D eigenvalue weighted by atomic mass is 10.1. The van der Waals surface area contributed by atoms with Crippen molar-refractivity contribution in [1.82, 2.24) is 5.32 Å². The van der Waals surface area contributed by atoms with Gasteiger partial charge in [0.15, 0.2) is 11.6 Å². The van der Waals surface area contributed by atoms with Crippen molar-refractivity contribution in [2.45, 2.75) is 26.2 Å². The Labute approximate surface area is 120 Å². The molecule has 0 aliphatic rings. The first kappa shape index (κ1) is 16.1. The van der Waals surface area contributed by atoms with Gasteiger partial charge in [0, 0.05) is 17.4 Å². The van der Waals surface area contributed by atoms with E-state index in [1.807, 2.05) is 0 Å². The largest absolute Gasteiger partial charge is 0.356 e. The quantitative estimate of drug-likeness (QED) is 0.601. The van der Waals surface area contributed by atoms with Crippen LogP contribution in [0.4, 0.5) is 8.78 Å². The van der Waals surface area contributed by atoms with Crippen molar-refractivity contribution in [3.63, 3.8) is 0 Å². The first-order chi connectivity index (χ1) is 9.04. The van der Waals surface area contributed by atoms with Crippen LogP contribution in [0.15, 0.2) is 18.2 Å². The van der Waals surface area contributed by atoms with Gasteiger partial charge in [0.05, 0.1) is 6.42 Å². The predicted octanol–water partition coefficient (Wildman–Crippen LogP) is 3.43. The maximum Gasteiger partial charge on any atom is 0.224 e. The van der Waals surface area contributed by atoms with E-state index in [-0.39, 0.29) is 17.9 Å². The van der Waals surface area contributed by atoms with Crippen LogP contribution in [0.1, 0.15) is 25.3 Å². The Kier molecular flexibility index (Phi) is 6.99. The molecule has 0 aliphatic carbocycles. The fourth-order valence-corrected chi connectivity index (χ4v) is 2.00. The third-order valence-corrected chi connectivity index (χ3v) is 3.95. The Bertz CT molecular complexity index is 426. The number of nitrogens with one attached hydrogen (secondary N) is 1. The van der Waals surface area contributed by atoms with Gasteiger partial charge in [-0.05, 0) is 24.8 Å². The summed E-state index contributed by atoms with van der Waals surface area (Å²) in [4.78, 5) is 11.6. The summed E-state index contributed by atoms with van der Waals surface area (Å²) in [6, 6.07) is 3.86. The molecule has 1 atom stereocenters. The van der Waals surface area contributed by atoms with Gasteiger partial charge >= 0.3 is 0 Å². The van der Waals surface area contributed by atoms with Crippen LogP contribution in [0.25, 0.3) is 0 Å². The zero-order valence-electron chi connectivity index (χ0n) is 10.9. The number of benzene rings is 1. The highest BCUT2D eigenvalue weighted by Gasteiger charge is 2.11. The van der Waals surface area contributed by atoms with E-state index in [0.717, 1.165) is 24.2 Å². The van der Waals surface area contributed by atoms with Crippen molar-refractivity contribution in [2.75, 3.05) is 11.9 Å². The Morgan fingerprint density at radius 2 is 2.16 bits per heavy atom. The van der Waals surface area contributed by atoms with E-state index in [2.05, 4.69) is 28.2 Å². The van der Waals surface area contributed by atoms with Gasteiger partial charge in [0.25, 0.3) is 0 Å². The third-order valence-electron chi connectivity index (χ3n) is 2.84. The molecule has 0 bridgehead atoms. The molecule has 1 amide bonds. The average Bonchev–Trinajstić information content (AvgIpc) is 2.39. The predicted molar refractivity (Wildman–Crippen MR) is 75.3 cm³/mol. The molecule has 19 heavy (non-hydrogen) atoms. The van der Waals surface area contributed by atoms with E-state index in [0.29, 0.717) is 12.5 Å². The fraction of sp³-hybridized carbons (Fsp3) is 0.500. The molecular weight excluding hydrogens is 316 g/mol. The molecule has 0 fully saturated rings. The number of amides is 1. The van der Waals surface area contributed by atoms with Crippen LogP contribution in [0.2, 0.25) is 0 Å². The molecule has 106 valence electrons.